The van der Waals surface area contributed by atoms with Crippen LogP contribution >= 0.6 is 11.6 Å². The SMILES string of the molecule is COc1ccc(-c2nc(CN(C)Cc3cc(Cl)ccc3OC)no2)cc1. The summed E-state index contributed by atoms with van der Waals surface area (Å²) in [4.78, 5) is 6.53. The average molecular weight is 374 g/mol. The summed E-state index contributed by atoms with van der Waals surface area (Å²) < 4.78 is 15.9. The minimum atomic E-state index is 0.483. The van der Waals surface area contributed by atoms with E-state index in [1.165, 1.54) is 0 Å². The molecule has 0 atom stereocenters. The van der Waals surface area contributed by atoms with E-state index in [1.54, 1.807) is 14.2 Å². The van der Waals surface area contributed by atoms with Crippen LogP contribution in [0, 0.1) is 0 Å². The molecule has 2 aromatic carbocycles. The molecule has 3 aromatic rings. The normalized spacial score (nSPS) is 11.0. The molecule has 6 nitrogen and oxygen atoms in total. The fourth-order valence-corrected chi connectivity index (χ4v) is 2.82. The van der Waals surface area contributed by atoms with Gasteiger partial charge in [0.25, 0.3) is 5.89 Å². The van der Waals surface area contributed by atoms with Crippen LogP contribution in [0.3, 0.4) is 0 Å². The van der Waals surface area contributed by atoms with Crippen molar-refractivity contribution in [3.63, 3.8) is 0 Å². The number of hydrogen-bond acceptors (Lipinski definition) is 6. The fourth-order valence-electron chi connectivity index (χ4n) is 2.63. The van der Waals surface area contributed by atoms with Gasteiger partial charge in [0.15, 0.2) is 5.82 Å². The maximum Gasteiger partial charge on any atom is 0.257 e. The summed E-state index contributed by atoms with van der Waals surface area (Å²) in [6, 6.07) is 13.1. The van der Waals surface area contributed by atoms with Crippen molar-refractivity contribution in [3.8, 4) is 23.0 Å². The molecule has 0 saturated heterocycles. The summed E-state index contributed by atoms with van der Waals surface area (Å²) in [5.41, 5.74) is 1.85. The molecule has 0 aliphatic rings. The summed E-state index contributed by atoms with van der Waals surface area (Å²) in [6.45, 7) is 1.19. The van der Waals surface area contributed by atoms with Crippen LogP contribution in [0.15, 0.2) is 47.0 Å². The van der Waals surface area contributed by atoms with Crippen molar-refractivity contribution >= 4 is 11.6 Å². The van der Waals surface area contributed by atoms with Gasteiger partial charge in [0.1, 0.15) is 11.5 Å². The monoisotopic (exact) mass is 373 g/mol. The molecule has 3 rings (SSSR count). The number of hydrogen-bond donors (Lipinski definition) is 0. The first-order chi connectivity index (χ1) is 12.6. The van der Waals surface area contributed by atoms with Gasteiger partial charge in [-0.15, -0.1) is 0 Å². The molecule has 0 spiro atoms. The lowest BCUT2D eigenvalue weighted by Gasteiger charge is -2.16. The molecule has 0 N–H and O–H groups in total. The molecule has 0 aliphatic carbocycles. The summed E-state index contributed by atoms with van der Waals surface area (Å²) in [5.74, 6) is 2.67. The zero-order valence-electron chi connectivity index (χ0n) is 14.9. The van der Waals surface area contributed by atoms with Gasteiger partial charge >= 0.3 is 0 Å². The lowest BCUT2D eigenvalue weighted by atomic mass is 10.2. The molecular formula is C19H20ClN3O3. The molecule has 136 valence electrons. The lowest BCUT2D eigenvalue weighted by Crippen LogP contribution is -2.18. The third kappa shape index (κ3) is 4.33. The number of benzene rings is 2. The van der Waals surface area contributed by atoms with E-state index in [1.807, 2.05) is 49.5 Å². The highest BCUT2D eigenvalue weighted by Crippen LogP contribution is 2.24. The molecule has 7 heteroatoms. The molecular weight excluding hydrogens is 354 g/mol. The van der Waals surface area contributed by atoms with Crippen molar-refractivity contribution in [2.24, 2.45) is 0 Å². The van der Waals surface area contributed by atoms with Crippen molar-refractivity contribution in [1.29, 1.82) is 0 Å². The van der Waals surface area contributed by atoms with Gasteiger partial charge in [-0.2, -0.15) is 4.98 Å². The molecule has 26 heavy (non-hydrogen) atoms. The quantitative estimate of drug-likeness (QED) is 0.623. The number of aromatic nitrogens is 2. The molecule has 0 unspecified atom stereocenters. The Morgan fingerprint density at radius 2 is 1.81 bits per heavy atom. The van der Waals surface area contributed by atoms with E-state index in [2.05, 4.69) is 15.0 Å². The number of ether oxygens (including phenoxy) is 2. The standard InChI is InChI=1S/C19H20ClN3O3/c1-23(11-14-10-15(20)6-9-17(14)25-3)12-18-21-19(26-22-18)13-4-7-16(24-2)8-5-13/h4-10H,11-12H2,1-3H3. The van der Waals surface area contributed by atoms with Crippen LogP contribution in [0.1, 0.15) is 11.4 Å². The van der Waals surface area contributed by atoms with Gasteiger partial charge in [-0.25, -0.2) is 0 Å². The first kappa shape index (κ1) is 18.2. The second kappa shape index (κ2) is 8.21. The Kier molecular flexibility index (Phi) is 5.75. The molecule has 0 fully saturated rings. The Balaban J connectivity index is 1.67. The smallest absolute Gasteiger partial charge is 0.257 e. The van der Waals surface area contributed by atoms with Crippen molar-refractivity contribution in [1.82, 2.24) is 15.0 Å². The lowest BCUT2D eigenvalue weighted by molar-refractivity contribution is 0.295. The number of nitrogens with zero attached hydrogens (tertiary/aromatic N) is 3. The predicted molar refractivity (Wildman–Crippen MR) is 99.5 cm³/mol. The highest BCUT2D eigenvalue weighted by Gasteiger charge is 2.13. The van der Waals surface area contributed by atoms with Crippen LogP contribution in [-0.4, -0.2) is 36.3 Å². The van der Waals surface area contributed by atoms with E-state index in [-0.39, 0.29) is 0 Å². The number of halogens is 1. The predicted octanol–water partition coefficient (Wildman–Crippen LogP) is 4.04. The van der Waals surface area contributed by atoms with Crippen LogP contribution in [0.4, 0.5) is 0 Å². The molecule has 1 aromatic heterocycles. The molecule has 0 amide bonds. The van der Waals surface area contributed by atoms with Crippen molar-refractivity contribution in [2.75, 3.05) is 21.3 Å². The molecule has 0 bridgehead atoms. The van der Waals surface area contributed by atoms with Crippen molar-refractivity contribution in [2.45, 2.75) is 13.1 Å². The Labute approximate surface area is 157 Å². The van der Waals surface area contributed by atoms with E-state index in [4.69, 9.17) is 25.6 Å². The largest absolute Gasteiger partial charge is 0.497 e. The molecule has 1 heterocycles. The third-order valence-corrected chi connectivity index (χ3v) is 4.13. The third-order valence-electron chi connectivity index (χ3n) is 3.90. The van der Waals surface area contributed by atoms with Gasteiger partial charge < -0.3 is 14.0 Å². The highest BCUT2D eigenvalue weighted by molar-refractivity contribution is 6.30. The number of methoxy groups -OCH3 is 2. The van der Waals surface area contributed by atoms with E-state index in [9.17, 15) is 0 Å². The van der Waals surface area contributed by atoms with Gasteiger partial charge in [0.2, 0.25) is 0 Å². The van der Waals surface area contributed by atoms with Crippen LogP contribution < -0.4 is 9.47 Å². The second-order valence-corrected chi connectivity index (χ2v) is 6.31. The van der Waals surface area contributed by atoms with Crippen molar-refractivity contribution in [3.05, 3.63) is 58.9 Å². The van der Waals surface area contributed by atoms with Crippen molar-refractivity contribution < 1.29 is 14.0 Å². The highest BCUT2D eigenvalue weighted by atomic mass is 35.5. The molecule has 0 saturated carbocycles. The van der Waals surface area contributed by atoms with Gasteiger partial charge in [-0.1, -0.05) is 16.8 Å². The fraction of sp³-hybridized carbons (Fsp3) is 0.263. The summed E-state index contributed by atoms with van der Waals surface area (Å²) in [5, 5.41) is 4.74. The summed E-state index contributed by atoms with van der Waals surface area (Å²) in [7, 11) is 5.25. The summed E-state index contributed by atoms with van der Waals surface area (Å²) in [6.07, 6.45) is 0. The van der Waals surface area contributed by atoms with Gasteiger partial charge in [0.05, 0.1) is 20.8 Å². The first-order valence-electron chi connectivity index (χ1n) is 8.07. The van der Waals surface area contributed by atoms with Crippen LogP contribution in [0.2, 0.25) is 5.02 Å². The molecule has 0 radical (unpaired) electrons. The topological polar surface area (TPSA) is 60.6 Å². The van der Waals surface area contributed by atoms with Gasteiger partial charge in [-0.3, -0.25) is 4.90 Å². The van der Waals surface area contributed by atoms with Gasteiger partial charge in [-0.05, 0) is 49.5 Å². The van der Waals surface area contributed by atoms with E-state index >= 15 is 0 Å². The maximum absolute atomic E-state index is 6.09. The maximum atomic E-state index is 6.09. The van der Waals surface area contributed by atoms with E-state index in [0.717, 1.165) is 22.6 Å². The Morgan fingerprint density at radius 3 is 2.50 bits per heavy atom. The zero-order chi connectivity index (χ0) is 18.5. The van der Waals surface area contributed by atoms with E-state index < -0.39 is 0 Å². The summed E-state index contributed by atoms with van der Waals surface area (Å²) >= 11 is 6.09. The Hall–Kier alpha value is -2.57. The zero-order valence-corrected chi connectivity index (χ0v) is 15.7. The second-order valence-electron chi connectivity index (χ2n) is 5.87. The van der Waals surface area contributed by atoms with E-state index in [0.29, 0.717) is 29.8 Å². The molecule has 0 aliphatic heterocycles. The number of rotatable bonds is 7. The average Bonchev–Trinajstić information content (AvgIpc) is 3.10. The minimum Gasteiger partial charge on any atom is -0.497 e. The minimum absolute atomic E-state index is 0.483. The van der Waals surface area contributed by atoms with Crippen LogP contribution in [-0.2, 0) is 13.1 Å². The van der Waals surface area contributed by atoms with Crippen LogP contribution in [0.5, 0.6) is 11.5 Å². The van der Waals surface area contributed by atoms with Gasteiger partial charge in [0, 0.05) is 22.7 Å². The Morgan fingerprint density at radius 1 is 1.04 bits per heavy atom. The Bertz CT molecular complexity index is 865. The first-order valence-corrected chi connectivity index (χ1v) is 8.45. The van der Waals surface area contributed by atoms with Crippen LogP contribution in [0.25, 0.3) is 11.5 Å².